The number of hydrogen-bond donors (Lipinski definition) is 3. The summed E-state index contributed by atoms with van der Waals surface area (Å²) >= 11 is 0. The van der Waals surface area contributed by atoms with Crippen molar-refractivity contribution in [2.75, 3.05) is 11.6 Å². The third-order valence-corrected chi connectivity index (χ3v) is 5.90. The van der Waals surface area contributed by atoms with E-state index in [1.807, 2.05) is 0 Å². The normalized spacial score (nSPS) is 17.4. The Morgan fingerprint density at radius 2 is 1.71 bits per heavy atom. The first-order valence-electron chi connectivity index (χ1n) is 9.19. The zero-order chi connectivity index (χ0) is 25.1. The maximum absolute atomic E-state index is 12.7. The molecule has 0 radical (unpaired) electrons. The van der Waals surface area contributed by atoms with Gasteiger partial charge in [0.25, 0.3) is 22.4 Å². The number of carboxylic acids is 1. The Morgan fingerprint density at radius 1 is 1.11 bits per heavy atom. The molecule has 1 saturated heterocycles. The van der Waals surface area contributed by atoms with Gasteiger partial charge in [-0.1, -0.05) is 6.42 Å². The van der Waals surface area contributed by atoms with Gasteiger partial charge in [0.05, 0.1) is 22.3 Å². The van der Waals surface area contributed by atoms with E-state index >= 15 is 0 Å². The molecule has 1 heterocycles. The molecule has 0 saturated carbocycles. The van der Waals surface area contributed by atoms with Crippen molar-refractivity contribution in [3.05, 3.63) is 38.4 Å². The van der Waals surface area contributed by atoms with E-state index in [0.29, 0.717) is 11.1 Å². The Bertz CT molecular complexity index is 1130. The zero-order valence-electron chi connectivity index (χ0n) is 16.7. The van der Waals surface area contributed by atoms with Gasteiger partial charge in [-0.25, -0.2) is 0 Å². The first-order chi connectivity index (χ1) is 15.2. The molecular weight excluding hydrogens is 518 g/mol. The Hall–Kier alpha value is -1.70. The van der Waals surface area contributed by atoms with Crippen LogP contribution in [-0.4, -0.2) is 126 Å². The van der Waals surface area contributed by atoms with E-state index in [4.69, 9.17) is 5.11 Å². The third-order valence-electron chi connectivity index (χ3n) is 4.73. The third kappa shape index (κ3) is 7.40. The molecule has 1 aromatic rings. The zero-order valence-corrected chi connectivity index (χ0v) is 17.5. The number of carboxylic acid groups (broad SMARTS) is 1. The van der Waals surface area contributed by atoms with Crippen LogP contribution >= 0.6 is 0 Å². The molecule has 1 unspecified atom stereocenters. The quantitative estimate of drug-likeness (QED) is 0.0758. The number of hydrazine groups is 1. The number of aliphatic carboxylic acids is 1. The van der Waals surface area contributed by atoms with E-state index in [1.54, 1.807) is 0 Å². The minimum absolute atomic E-state index is 0. The molecule has 1 aromatic carbocycles. The molecule has 1 aliphatic rings. The Labute approximate surface area is 241 Å². The summed E-state index contributed by atoms with van der Waals surface area (Å²) in [5.41, 5.74) is -2.09. The van der Waals surface area contributed by atoms with Crippen molar-refractivity contribution in [1.82, 2.24) is 5.01 Å². The molecule has 1 fully saturated rings. The Balaban J connectivity index is 0.00000578. The van der Waals surface area contributed by atoms with E-state index < -0.39 is 66.2 Å². The summed E-state index contributed by atoms with van der Waals surface area (Å²) in [5.74, 6) is -4.20. The summed E-state index contributed by atoms with van der Waals surface area (Å²) < 4.78 is 32.3. The molecule has 1 aliphatic heterocycles. The molecule has 2 amide bonds. The van der Waals surface area contributed by atoms with Crippen LogP contribution in [-0.2, 0) is 24.5 Å². The number of nitro benzene ring substituents is 2. The number of rotatable bonds is 11. The van der Waals surface area contributed by atoms with Crippen molar-refractivity contribution >= 4 is 104 Å². The van der Waals surface area contributed by atoms with Crippen LogP contribution in [0.4, 0.5) is 17.1 Å². The second-order valence-electron chi connectivity index (χ2n) is 6.96. The number of nitrogens with zero attached hydrogens (tertiary/aromatic N) is 4. The van der Waals surface area contributed by atoms with E-state index in [9.17, 15) is 52.7 Å². The van der Waals surface area contributed by atoms with E-state index in [2.05, 4.69) is 0 Å². The van der Waals surface area contributed by atoms with Crippen molar-refractivity contribution < 1.29 is 47.4 Å². The van der Waals surface area contributed by atoms with Crippen LogP contribution < -0.4 is 5.01 Å². The molecule has 19 heteroatoms. The fourth-order valence-electron chi connectivity index (χ4n) is 3.11. The predicted molar refractivity (Wildman–Crippen MR) is 120 cm³/mol. The first kappa shape index (κ1) is 33.3. The van der Waals surface area contributed by atoms with Crippen molar-refractivity contribution in [2.24, 2.45) is 0 Å². The average Bonchev–Trinajstić information content (AvgIpc) is 2.93. The monoisotopic (exact) mass is 538 g/mol. The van der Waals surface area contributed by atoms with E-state index in [1.165, 1.54) is 0 Å². The molecule has 16 nitrogen and oxygen atoms in total. The SMILES string of the molecule is O=C(O)CCCCCN(c1ccc([N+](=O)[O-])cc1[N+](=O)[O-])N1C(=O)CC(O)(S(=O)(=O)O)C1=O.[NaH].[NaH]. The van der Waals surface area contributed by atoms with E-state index in [0.717, 1.165) is 12.1 Å². The number of non-ortho nitro benzene ring substituents is 1. The number of unbranched alkanes of at least 4 members (excludes halogenated alkanes) is 2. The van der Waals surface area contributed by atoms with Crippen molar-refractivity contribution in [1.29, 1.82) is 0 Å². The van der Waals surface area contributed by atoms with Crippen molar-refractivity contribution in [3.8, 4) is 0 Å². The van der Waals surface area contributed by atoms with Crippen LogP contribution in [0.1, 0.15) is 32.1 Å². The number of carbonyl (C=O) groups is 3. The fraction of sp³-hybridized carbons (Fsp3) is 0.438. The minimum atomic E-state index is -5.49. The topological polar surface area (TPSA) is 239 Å². The molecule has 0 aliphatic carbocycles. The van der Waals surface area contributed by atoms with Crippen LogP contribution in [0.25, 0.3) is 0 Å². The number of nitro groups is 2. The van der Waals surface area contributed by atoms with Gasteiger partial charge in [-0.2, -0.15) is 13.4 Å². The van der Waals surface area contributed by atoms with Crippen LogP contribution in [0.2, 0.25) is 0 Å². The molecule has 35 heavy (non-hydrogen) atoms. The van der Waals surface area contributed by atoms with Crippen LogP contribution in [0.5, 0.6) is 0 Å². The van der Waals surface area contributed by atoms with E-state index in [-0.39, 0.29) is 96.4 Å². The summed E-state index contributed by atoms with van der Waals surface area (Å²) in [6, 6.07) is 2.27. The summed E-state index contributed by atoms with van der Waals surface area (Å²) in [6.45, 7) is -0.378. The maximum atomic E-state index is 12.7. The molecule has 0 spiro atoms. The van der Waals surface area contributed by atoms with Gasteiger partial charge in [0.1, 0.15) is 5.69 Å². The molecule has 184 valence electrons. The number of anilines is 1. The average molecular weight is 538 g/mol. The summed E-state index contributed by atoms with van der Waals surface area (Å²) in [6.07, 6.45) is -1.16. The van der Waals surface area contributed by atoms with Crippen LogP contribution in [0.15, 0.2) is 18.2 Å². The predicted octanol–water partition coefficient (Wildman–Crippen LogP) is -1.09. The number of imide groups is 1. The molecular formula is C16H20N4Na2O12S. The van der Waals surface area contributed by atoms with Crippen molar-refractivity contribution in [2.45, 2.75) is 37.0 Å². The standard InChI is InChI=1S/C16H18N4O12S.2Na.2H/c21-13-9-16(25,33(30,31)32)15(24)18(13)17(7-3-1-2-4-14(22)23)11-6-5-10(19(26)27)8-12(11)20(28)29;;;;/h5-6,8,25H,1-4,7,9H2,(H,22,23)(H,30,31,32);;;;. The second-order valence-corrected chi connectivity index (χ2v) is 8.59. The summed E-state index contributed by atoms with van der Waals surface area (Å²) in [4.78, 5) is 52.8. The molecule has 2 rings (SSSR count). The second kappa shape index (κ2) is 13.0. The molecule has 0 aromatic heterocycles. The number of aliphatic hydroxyl groups is 1. The van der Waals surface area contributed by atoms with Gasteiger partial charge >= 0.3 is 80.9 Å². The number of carbonyl (C=O) groups excluding carboxylic acids is 2. The fourth-order valence-corrected chi connectivity index (χ4v) is 3.73. The van der Waals surface area contributed by atoms with Gasteiger partial charge in [-0.3, -0.25) is 44.2 Å². The van der Waals surface area contributed by atoms with Gasteiger partial charge < -0.3 is 10.2 Å². The number of amides is 2. The summed E-state index contributed by atoms with van der Waals surface area (Å²) in [5, 5.41) is 42.1. The van der Waals surface area contributed by atoms with Crippen LogP contribution in [0, 0.1) is 20.2 Å². The van der Waals surface area contributed by atoms with Gasteiger partial charge in [0.15, 0.2) is 0 Å². The van der Waals surface area contributed by atoms with Gasteiger partial charge in [0, 0.05) is 19.0 Å². The van der Waals surface area contributed by atoms with Gasteiger partial charge in [-0.05, 0) is 18.9 Å². The number of benzene rings is 1. The molecule has 1 atom stereocenters. The summed E-state index contributed by atoms with van der Waals surface area (Å²) in [7, 11) is -5.49. The van der Waals surface area contributed by atoms with Crippen LogP contribution in [0.3, 0.4) is 0 Å². The first-order valence-corrected chi connectivity index (χ1v) is 10.6. The Morgan fingerprint density at radius 3 is 2.17 bits per heavy atom. The molecule has 3 N–H and O–H groups in total. The number of hydrogen-bond acceptors (Lipinski definition) is 11. The molecule has 0 bridgehead atoms. The van der Waals surface area contributed by atoms with Crippen molar-refractivity contribution in [3.63, 3.8) is 0 Å². The van der Waals surface area contributed by atoms with Gasteiger partial charge in [-0.15, -0.1) is 0 Å². The van der Waals surface area contributed by atoms with Gasteiger partial charge in [0.2, 0.25) is 0 Å². The Kier molecular flexibility index (Phi) is 12.4.